The number of fused-ring (bicyclic) bond motifs is 1. The summed E-state index contributed by atoms with van der Waals surface area (Å²) in [5.41, 5.74) is 1.42. The summed E-state index contributed by atoms with van der Waals surface area (Å²) in [5.74, 6) is -1.22. The van der Waals surface area contributed by atoms with Gasteiger partial charge in [-0.25, -0.2) is 14.4 Å². The van der Waals surface area contributed by atoms with Gasteiger partial charge in [-0.1, -0.05) is 11.8 Å². The molecule has 0 unspecified atom stereocenters. The lowest BCUT2D eigenvalue weighted by Crippen LogP contribution is -2.09. The summed E-state index contributed by atoms with van der Waals surface area (Å²) < 4.78 is 14.2. The normalized spacial score (nSPS) is 10.9. The Morgan fingerprint density at radius 1 is 1.27 bits per heavy atom. The number of aromatic nitrogens is 2. The first-order valence-electron chi connectivity index (χ1n) is 7.80. The van der Waals surface area contributed by atoms with Gasteiger partial charge in [-0.2, -0.15) is 0 Å². The lowest BCUT2D eigenvalue weighted by molar-refractivity contribution is -0.114. The molecule has 3 rings (SSSR count). The van der Waals surface area contributed by atoms with E-state index in [0.717, 1.165) is 31.7 Å². The second kappa shape index (κ2) is 7.51. The zero-order valence-electron chi connectivity index (χ0n) is 14.4. The lowest BCUT2D eigenvalue weighted by atomic mass is 10.1. The molecule has 0 radical (unpaired) electrons. The number of anilines is 1. The average molecular weight is 389 g/mol. The molecule has 0 saturated carbocycles. The summed E-state index contributed by atoms with van der Waals surface area (Å²) in [6, 6.07) is 4.05. The molecule has 0 bridgehead atoms. The van der Waals surface area contributed by atoms with Gasteiger partial charge in [0.1, 0.15) is 22.0 Å². The Morgan fingerprint density at radius 2 is 2.04 bits per heavy atom. The van der Waals surface area contributed by atoms with Crippen LogP contribution in [0.2, 0.25) is 0 Å². The van der Waals surface area contributed by atoms with Crippen molar-refractivity contribution >= 4 is 50.7 Å². The Labute approximate surface area is 158 Å². The molecule has 1 aromatic carbocycles. The molecule has 0 aliphatic carbocycles. The highest BCUT2D eigenvalue weighted by molar-refractivity contribution is 8.00. The molecule has 1 amide bonds. The number of carbonyl (C=O) groups excluding carboxylic acids is 2. The van der Waals surface area contributed by atoms with E-state index < -0.39 is 5.82 Å². The maximum atomic E-state index is 14.2. The number of benzene rings is 1. The largest absolute Gasteiger partial charge is 0.326 e. The number of thiophene rings is 1. The summed E-state index contributed by atoms with van der Waals surface area (Å²) >= 11 is 2.86. The zero-order valence-corrected chi connectivity index (χ0v) is 16.1. The van der Waals surface area contributed by atoms with Crippen molar-refractivity contribution in [2.45, 2.75) is 25.8 Å². The van der Waals surface area contributed by atoms with Gasteiger partial charge in [0.2, 0.25) is 5.91 Å². The van der Waals surface area contributed by atoms with Crippen LogP contribution in [0.4, 0.5) is 10.1 Å². The van der Waals surface area contributed by atoms with Gasteiger partial charge < -0.3 is 5.32 Å². The average Bonchev–Trinajstić information content (AvgIpc) is 2.87. The minimum atomic E-state index is -0.655. The van der Waals surface area contributed by atoms with Gasteiger partial charge >= 0.3 is 0 Å². The molecule has 0 aliphatic heterocycles. The van der Waals surface area contributed by atoms with Gasteiger partial charge in [0.05, 0.1) is 11.3 Å². The van der Waals surface area contributed by atoms with Gasteiger partial charge in [0.15, 0.2) is 5.78 Å². The van der Waals surface area contributed by atoms with E-state index in [9.17, 15) is 14.0 Å². The molecule has 3 aromatic rings. The van der Waals surface area contributed by atoms with Crippen molar-refractivity contribution in [1.82, 2.24) is 9.97 Å². The van der Waals surface area contributed by atoms with Gasteiger partial charge in [-0.05, 0) is 37.6 Å². The number of halogens is 1. The van der Waals surface area contributed by atoms with Gasteiger partial charge in [0, 0.05) is 22.9 Å². The second-order valence-corrected chi connectivity index (χ2v) is 7.90. The second-order valence-electron chi connectivity index (χ2n) is 5.73. The first-order valence-corrected chi connectivity index (χ1v) is 9.61. The molecule has 0 fully saturated rings. The maximum absolute atomic E-state index is 14.2. The summed E-state index contributed by atoms with van der Waals surface area (Å²) in [7, 11) is 0. The van der Waals surface area contributed by atoms with Gasteiger partial charge in [-0.3, -0.25) is 9.59 Å². The number of carbonyl (C=O) groups is 2. The van der Waals surface area contributed by atoms with E-state index in [0.29, 0.717) is 5.69 Å². The fraction of sp³-hybridized carbons (Fsp3) is 0.222. The molecule has 1 N–H and O–H groups in total. The number of aryl methyl sites for hydroxylation is 2. The van der Waals surface area contributed by atoms with E-state index in [1.165, 1.54) is 37.1 Å². The zero-order chi connectivity index (χ0) is 18.8. The quantitative estimate of drug-likeness (QED) is 0.398. The SMILES string of the molecule is CC(=O)Nc1ccc(C(=O)CSc2ncnc3sc(C)c(C)c23)c(F)c1. The van der Waals surface area contributed by atoms with Crippen LogP contribution >= 0.6 is 23.1 Å². The molecule has 5 nitrogen and oxygen atoms in total. The van der Waals surface area contributed by atoms with Crippen LogP contribution in [0.1, 0.15) is 27.7 Å². The number of nitrogens with zero attached hydrogens (tertiary/aromatic N) is 2. The Bertz CT molecular complexity index is 1020. The van der Waals surface area contributed by atoms with E-state index in [1.54, 1.807) is 11.3 Å². The van der Waals surface area contributed by atoms with Crippen molar-refractivity contribution in [3.63, 3.8) is 0 Å². The molecule has 0 atom stereocenters. The van der Waals surface area contributed by atoms with E-state index in [2.05, 4.69) is 15.3 Å². The lowest BCUT2D eigenvalue weighted by Gasteiger charge is -2.07. The molecular weight excluding hydrogens is 373 g/mol. The smallest absolute Gasteiger partial charge is 0.221 e. The van der Waals surface area contributed by atoms with Crippen LogP contribution < -0.4 is 5.32 Å². The molecule has 0 spiro atoms. The molecule has 0 saturated heterocycles. The fourth-order valence-electron chi connectivity index (χ4n) is 2.49. The van der Waals surface area contributed by atoms with Crippen LogP contribution in [-0.4, -0.2) is 27.4 Å². The van der Waals surface area contributed by atoms with Crippen molar-refractivity contribution in [2.75, 3.05) is 11.1 Å². The molecule has 0 aliphatic rings. The predicted molar refractivity (Wildman–Crippen MR) is 103 cm³/mol. The standard InChI is InChI=1S/C18H16FN3O2S2/c1-9-10(2)26-18-16(9)17(20-8-21-18)25-7-15(24)13-5-4-12(6-14(13)19)22-11(3)23/h4-6,8H,7H2,1-3H3,(H,22,23). The van der Waals surface area contributed by atoms with Gasteiger partial charge in [-0.15, -0.1) is 11.3 Å². The van der Waals surface area contributed by atoms with Crippen molar-refractivity contribution in [3.05, 3.63) is 46.3 Å². The van der Waals surface area contributed by atoms with E-state index in [1.807, 2.05) is 13.8 Å². The third-order valence-electron chi connectivity index (χ3n) is 3.86. The number of hydrogen-bond donors (Lipinski definition) is 1. The van der Waals surface area contributed by atoms with E-state index in [4.69, 9.17) is 0 Å². The third kappa shape index (κ3) is 3.76. The number of ketones is 1. The van der Waals surface area contributed by atoms with E-state index in [-0.39, 0.29) is 23.0 Å². The molecule has 2 heterocycles. The summed E-state index contributed by atoms with van der Waals surface area (Å²) in [4.78, 5) is 34.0. The number of hydrogen-bond acceptors (Lipinski definition) is 6. The summed E-state index contributed by atoms with van der Waals surface area (Å²) in [5, 5.41) is 4.16. The highest BCUT2D eigenvalue weighted by Crippen LogP contribution is 2.34. The Morgan fingerprint density at radius 3 is 2.73 bits per heavy atom. The Balaban J connectivity index is 1.78. The van der Waals surface area contributed by atoms with Crippen LogP contribution in [0.5, 0.6) is 0 Å². The fourth-order valence-corrected chi connectivity index (χ4v) is 4.49. The highest BCUT2D eigenvalue weighted by Gasteiger charge is 2.16. The highest BCUT2D eigenvalue weighted by atomic mass is 32.2. The molecule has 2 aromatic heterocycles. The summed E-state index contributed by atoms with van der Waals surface area (Å²) in [6.07, 6.45) is 1.48. The topological polar surface area (TPSA) is 72.0 Å². The van der Waals surface area contributed by atoms with Crippen LogP contribution in [0.3, 0.4) is 0 Å². The summed E-state index contributed by atoms with van der Waals surface area (Å²) in [6.45, 7) is 5.36. The first-order chi connectivity index (χ1) is 12.4. The van der Waals surface area contributed by atoms with Crippen LogP contribution in [0.15, 0.2) is 29.6 Å². The molecule has 26 heavy (non-hydrogen) atoms. The first kappa shape index (κ1) is 18.5. The molecule has 134 valence electrons. The third-order valence-corrected chi connectivity index (χ3v) is 5.97. The minimum absolute atomic E-state index is 0.00452. The van der Waals surface area contributed by atoms with Crippen LogP contribution in [0, 0.1) is 19.7 Å². The number of amides is 1. The van der Waals surface area contributed by atoms with Crippen molar-refractivity contribution in [1.29, 1.82) is 0 Å². The monoisotopic (exact) mass is 389 g/mol. The van der Waals surface area contributed by atoms with Crippen molar-refractivity contribution in [2.24, 2.45) is 0 Å². The number of Topliss-reactive ketones (excluding diaryl/α,β-unsaturated/α-hetero) is 1. The number of nitrogens with one attached hydrogen (secondary N) is 1. The van der Waals surface area contributed by atoms with Crippen LogP contribution in [0.25, 0.3) is 10.2 Å². The van der Waals surface area contributed by atoms with E-state index >= 15 is 0 Å². The molecular formula is C18H16FN3O2S2. The predicted octanol–water partition coefficient (Wildman–Crippen LogP) is 4.38. The number of rotatable bonds is 5. The van der Waals surface area contributed by atoms with Crippen molar-refractivity contribution < 1.29 is 14.0 Å². The Kier molecular flexibility index (Phi) is 5.33. The molecule has 8 heteroatoms. The Hall–Kier alpha value is -2.32. The maximum Gasteiger partial charge on any atom is 0.221 e. The minimum Gasteiger partial charge on any atom is -0.326 e. The van der Waals surface area contributed by atoms with Crippen molar-refractivity contribution in [3.8, 4) is 0 Å². The van der Waals surface area contributed by atoms with Gasteiger partial charge in [0.25, 0.3) is 0 Å². The van der Waals surface area contributed by atoms with Crippen LogP contribution in [-0.2, 0) is 4.79 Å². The number of thioether (sulfide) groups is 1.